The van der Waals surface area contributed by atoms with Crippen molar-refractivity contribution in [2.24, 2.45) is 0 Å². The smallest absolute Gasteiger partial charge is 0.208 e. The monoisotopic (exact) mass is 376 g/mol. The lowest BCUT2D eigenvalue weighted by Gasteiger charge is -2.10. The summed E-state index contributed by atoms with van der Waals surface area (Å²) in [6.45, 7) is 4.48. The summed E-state index contributed by atoms with van der Waals surface area (Å²) in [5.41, 5.74) is 0.130. The molecule has 5 heteroatoms. The number of furan rings is 1. The maximum atomic E-state index is 14.8. The van der Waals surface area contributed by atoms with Crippen LogP contribution >= 0.6 is 0 Å². The highest BCUT2D eigenvalue weighted by Crippen LogP contribution is 2.37. The quantitative estimate of drug-likeness (QED) is 0.425. The van der Waals surface area contributed by atoms with Crippen molar-refractivity contribution in [2.75, 3.05) is 6.61 Å². The van der Waals surface area contributed by atoms with Crippen LogP contribution in [0.2, 0.25) is 0 Å². The second kappa shape index (κ2) is 8.70. The van der Waals surface area contributed by atoms with Crippen LogP contribution in [0.25, 0.3) is 21.9 Å². The molecule has 3 rings (SSSR count). The maximum Gasteiger partial charge on any atom is 0.208 e. The van der Waals surface area contributed by atoms with E-state index in [1.54, 1.807) is 24.3 Å². The van der Waals surface area contributed by atoms with Gasteiger partial charge in [0, 0.05) is 16.3 Å². The summed E-state index contributed by atoms with van der Waals surface area (Å²) in [6.07, 6.45) is 4.43. The van der Waals surface area contributed by atoms with Crippen molar-refractivity contribution >= 4 is 21.9 Å². The van der Waals surface area contributed by atoms with E-state index in [1.165, 1.54) is 0 Å². The number of hydrogen-bond acceptors (Lipinski definition) is 3. The average Bonchev–Trinajstić information content (AvgIpc) is 3.04. The molecule has 1 N–H and O–H groups in total. The molecule has 0 amide bonds. The lowest BCUT2D eigenvalue weighted by Crippen LogP contribution is -2.00. The van der Waals surface area contributed by atoms with E-state index in [0.717, 1.165) is 32.1 Å². The fourth-order valence-corrected chi connectivity index (χ4v) is 3.34. The van der Waals surface area contributed by atoms with Crippen LogP contribution in [0.4, 0.5) is 8.78 Å². The molecule has 0 aliphatic rings. The van der Waals surface area contributed by atoms with Crippen molar-refractivity contribution in [1.29, 1.82) is 0 Å². The second-order valence-electron chi connectivity index (χ2n) is 6.92. The third-order valence-electron chi connectivity index (χ3n) is 4.86. The Bertz CT molecular complexity index is 917. The molecular formula is C22H26F2O3. The van der Waals surface area contributed by atoms with Crippen LogP contribution in [0.1, 0.15) is 64.0 Å². The predicted octanol–water partition coefficient (Wildman–Crippen LogP) is 6.66. The van der Waals surface area contributed by atoms with Crippen LogP contribution in [0.5, 0.6) is 5.75 Å². The third kappa shape index (κ3) is 3.93. The molecule has 1 heterocycles. The fourth-order valence-electron chi connectivity index (χ4n) is 3.34. The molecule has 0 unspecified atom stereocenters. The highest BCUT2D eigenvalue weighted by molar-refractivity contribution is 6.05. The molecule has 0 saturated carbocycles. The van der Waals surface area contributed by atoms with Gasteiger partial charge < -0.3 is 14.3 Å². The van der Waals surface area contributed by atoms with E-state index >= 15 is 0 Å². The van der Waals surface area contributed by atoms with Gasteiger partial charge in [0.05, 0.1) is 12.7 Å². The summed E-state index contributed by atoms with van der Waals surface area (Å²) in [6, 6.07) is 6.46. The molecule has 1 atom stereocenters. The minimum absolute atomic E-state index is 0.0166. The van der Waals surface area contributed by atoms with Gasteiger partial charge >= 0.3 is 0 Å². The Balaban J connectivity index is 1.93. The standard InChI is InChI=1S/C22H26F2O3/c1-3-5-6-7-13-26-18-12-11-15-14-9-10-16(17(25)8-4-2)19(23)21(14)27-22(15)20(18)24/h9-12,17,25H,3-8,13H2,1-2H3/t17-/m0/s1. The van der Waals surface area contributed by atoms with Crippen LogP contribution < -0.4 is 4.74 Å². The fraction of sp³-hybridized carbons (Fsp3) is 0.455. The molecule has 1 aromatic heterocycles. The molecule has 0 saturated heterocycles. The Hall–Kier alpha value is -2.14. The van der Waals surface area contributed by atoms with Gasteiger partial charge in [-0.3, -0.25) is 0 Å². The number of rotatable bonds is 9. The summed E-state index contributed by atoms with van der Waals surface area (Å²) in [4.78, 5) is 0. The normalized spacial score (nSPS) is 12.8. The lowest BCUT2D eigenvalue weighted by molar-refractivity contribution is 0.162. The first-order valence-electron chi connectivity index (χ1n) is 9.72. The molecule has 146 valence electrons. The van der Waals surface area contributed by atoms with Crippen LogP contribution in [-0.2, 0) is 0 Å². The van der Waals surface area contributed by atoms with Crippen molar-refractivity contribution in [3.05, 3.63) is 41.5 Å². The molecule has 27 heavy (non-hydrogen) atoms. The first kappa shape index (κ1) is 19.6. The molecule has 0 aliphatic heterocycles. The first-order valence-corrected chi connectivity index (χ1v) is 9.72. The second-order valence-corrected chi connectivity index (χ2v) is 6.92. The summed E-state index contributed by atoms with van der Waals surface area (Å²) in [7, 11) is 0. The number of ether oxygens (including phenoxy) is 1. The van der Waals surface area contributed by atoms with E-state index in [0.29, 0.717) is 23.8 Å². The minimum Gasteiger partial charge on any atom is -0.490 e. The van der Waals surface area contributed by atoms with Gasteiger partial charge in [-0.1, -0.05) is 45.6 Å². The molecule has 2 aromatic carbocycles. The van der Waals surface area contributed by atoms with Gasteiger partial charge in [-0.15, -0.1) is 0 Å². The molecule has 0 radical (unpaired) electrons. The summed E-state index contributed by atoms with van der Waals surface area (Å²) < 4.78 is 40.7. The zero-order valence-corrected chi connectivity index (χ0v) is 15.9. The van der Waals surface area contributed by atoms with Gasteiger partial charge in [-0.2, -0.15) is 4.39 Å². The van der Waals surface area contributed by atoms with E-state index in [-0.39, 0.29) is 22.5 Å². The van der Waals surface area contributed by atoms with Crippen LogP contribution in [0.15, 0.2) is 28.7 Å². The summed E-state index contributed by atoms with van der Waals surface area (Å²) >= 11 is 0. The SMILES string of the molecule is CCCCCCOc1ccc2c(oc3c(F)c([C@@H](O)CCC)ccc32)c1F. The van der Waals surface area contributed by atoms with Gasteiger partial charge in [0.1, 0.15) is 0 Å². The van der Waals surface area contributed by atoms with Crippen molar-refractivity contribution in [1.82, 2.24) is 0 Å². The summed E-state index contributed by atoms with van der Waals surface area (Å²) in [5, 5.41) is 11.1. The van der Waals surface area contributed by atoms with Crippen LogP contribution in [0, 0.1) is 11.6 Å². The molecule has 0 bridgehead atoms. The Morgan fingerprint density at radius 3 is 2.33 bits per heavy atom. The maximum absolute atomic E-state index is 14.8. The Morgan fingerprint density at radius 1 is 0.926 bits per heavy atom. The van der Waals surface area contributed by atoms with Gasteiger partial charge in [0.15, 0.2) is 22.7 Å². The number of aliphatic hydroxyl groups is 1. The number of unbranched alkanes of at least 4 members (excludes halogenated alkanes) is 3. The molecular weight excluding hydrogens is 350 g/mol. The van der Waals surface area contributed by atoms with Crippen molar-refractivity contribution in [2.45, 2.75) is 58.5 Å². The van der Waals surface area contributed by atoms with Gasteiger partial charge in [-0.05, 0) is 31.0 Å². The van der Waals surface area contributed by atoms with E-state index < -0.39 is 17.7 Å². The number of aliphatic hydroxyl groups excluding tert-OH is 1. The molecule has 3 nitrogen and oxygen atoms in total. The van der Waals surface area contributed by atoms with E-state index in [9.17, 15) is 13.9 Å². The molecule has 0 fully saturated rings. The zero-order chi connectivity index (χ0) is 19.4. The number of halogens is 2. The molecule has 3 aromatic rings. The number of benzene rings is 2. The van der Waals surface area contributed by atoms with E-state index in [2.05, 4.69) is 6.92 Å². The minimum atomic E-state index is -0.903. The Morgan fingerprint density at radius 2 is 1.63 bits per heavy atom. The largest absolute Gasteiger partial charge is 0.490 e. The van der Waals surface area contributed by atoms with Crippen molar-refractivity contribution in [3.8, 4) is 5.75 Å². The van der Waals surface area contributed by atoms with Crippen molar-refractivity contribution < 1.29 is 23.0 Å². The zero-order valence-electron chi connectivity index (χ0n) is 15.9. The average molecular weight is 376 g/mol. The Labute approximate surface area is 157 Å². The van der Waals surface area contributed by atoms with E-state index in [1.807, 2.05) is 6.92 Å². The lowest BCUT2D eigenvalue weighted by atomic mass is 10.0. The van der Waals surface area contributed by atoms with Crippen LogP contribution in [-0.4, -0.2) is 11.7 Å². The highest BCUT2D eigenvalue weighted by Gasteiger charge is 2.21. The van der Waals surface area contributed by atoms with Crippen molar-refractivity contribution in [3.63, 3.8) is 0 Å². The predicted molar refractivity (Wildman–Crippen MR) is 103 cm³/mol. The first-order chi connectivity index (χ1) is 13.1. The van der Waals surface area contributed by atoms with Gasteiger partial charge in [0.2, 0.25) is 5.82 Å². The summed E-state index contributed by atoms with van der Waals surface area (Å²) in [5.74, 6) is -1.13. The van der Waals surface area contributed by atoms with Gasteiger partial charge in [-0.25, -0.2) is 4.39 Å². The topological polar surface area (TPSA) is 42.6 Å². The molecule has 0 aliphatic carbocycles. The van der Waals surface area contributed by atoms with Crippen LogP contribution in [0.3, 0.4) is 0 Å². The third-order valence-corrected chi connectivity index (χ3v) is 4.86. The molecule has 0 spiro atoms. The number of hydrogen-bond donors (Lipinski definition) is 1. The van der Waals surface area contributed by atoms with Gasteiger partial charge in [0.25, 0.3) is 0 Å². The van der Waals surface area contributed by atoms with E-state index in [4.69, 9.17) is 9.15 Å². The Kier molecular flexibility index (Phi) is 6.32. The number of fused-ring (bicyclic) bond motifs is 3. The highest BCUT2D eigenvalue weighted by atomic mass is 19.1.